The summed E-state index contributed by atoms with van der Waals surface area (Å²) in [5.74, 6) is 0.652. The van der Waals surface area contributed by atoms with Crippen LogP contribution in [0.4, 0.5) is 0 Å². The van der Waals surface area contributed by atoms with Crippen molar-refractivity contribution in [3.8, 4) is 5.75 Å². The molecule has 0 spiro atoms. The van der Waals surface area contributed by atoms with Gasteiger partial charge < -0.3 is 4.74 Å². The fraction of sp³-hybridized carbons (Fsp3) is 0.167. The maximum atomic E-state index is 13.1. The highest BCUT2D eigenvalue weighted by Gasteiger charge is 2.41. The molecule has 0 aromatic heterocycles. The molecule has 148 valence electrons. The summed E-state index contributed by atoms with van der Waals surface area (Å²) in [7, 11) is -3.70. The zero-order chi connectivity index (χ0) is 20.5. The Kier molecular flexibility index (Phi) is 5.03. The van der Waals surface area contributed by atoms with Crippen LogP contribution in [0.3, 0.4) is 0 Å². The number of nitrogens with one attached hydrogen (secondary N) is 1. The van der Waals surface area contributed by atoms with Crippen LogP contribution in [0, 0.1) is 6.92 Å². The van der Waals surface area contributed by atoms with Gasteiger partial charge in [0.1, 0.15) is 5.75 Å². The van der Waals surface area contributed by atoms with Crippen LogP contribution in [0.15, 0.2) is 96.4 Å². The molecule has 0 saturated heterocycles. The van der Waals surface area contributed by atoms with Crippen molar-refractivity contribution in [3.63, 3.8) is 0 Å². The van der Waals surface area contributed by atoms with E-state index in [4.69, 9.17) is 4.74 Å². The average molecular weight is 406 g/mol. The maximum Gasteiger partial charge on any atom is 0.241 e. The lowest BCUT2D eigenvalue weighted by atomic mass is 9.82. The van der Waals surface area contributed by atoms with Gasteiger partial charge in [-0.3, -0.25) is 0 Å². The number of hydrogen-bond donors (Lipinski definition) is 1. The van der Waals surface area contributed by atoms with E-state index in [-0.39, 0.29) is 4.90 Å². The van der Waals surface area contributed by atoms with Gasteiger partial charge in [-0.25, -0.2) is 13.1 Å². The first-order chi connectivity index (χ1) is 13.9. The minimum absolute atomic E-state index is 0.246. The topological polar surface area (TPSA) is 55.4 Å². The molecule has 2 atom stereocenters. The number of sulfonamides is 1. The van der Waals surface area contributed by atoms with Crippen molar-refractivity contribution >= 4 is 10.0 Å². The molecular weight excluding hydrogens is 382 g/mol. The Balaban J connectivity index is 1.76. The highest BCUT2D eigenvalue weighted by Crippen LogP contribution is 2.45. The van der Waals surface area contributed by atoms with E-state index in [0.717, 1.165) is 16.7 Å². The smallest absolute Gasteiger partial charge is 0.241 e. The third kappa shape index (κ3) is 3.71. The number of hydrogen-bond acceptors (Lipinski definition) is 3. The lowest BCUT2D eigenvalue weighted by Gasteiger charge is -2.41. The largest absolute Gasteiger partial charge is 0.478 e. The Bertz CT molecular complexity index is 1120. The molecule has 0 radical (unpaired) electrons. The fourth-order valence-electron chi connectivity index (χ4n) is 3.73. The molecule has 0 aliphatic carbocycles. The van der Waals surface area contributed by atoms with Gasteiger partial charge in [-0.05, 0) is 36.8 Å². The summed E-state index contributed by atoms with van der Waals surface area (Å²) in [5.41, 5.74) is 1.94. The monoisotopic (exact) mass is 405 g/mol. The van der Waals surface area contributed by atoms with Crippen LogP contribution in [0.1, 0.15) is 29.2 Å². The number of benzene rings is 3. The molecule has 0 amide bonds. The van der Waals surface area contributed by atoms with Crippen LogP contribution in [-0.4, -0.2) is 8.42 Å². The van der Waals surface area contributed by atoms with Crippen LogP contribution >= 0.6 is 0 Å². The highest BCUT2D eigenvalue weighted by molar-refractivity contribution is 7.89. The third-order valence-electron chi connectivity index (χ3n) is 5.31. The number of para-hydroxylation sites is 1. The summed E-state index contributed by atoms with van der Waals surface area (Å²) in [5, 5.41) is 0. The van der Waals surface area contributed by atoms with E-state index in [9.17, 15) is 8.42 Å². The second-order valence-electron chi connectivity index (χ2n) is 7.29. The Labute approximate surface area is 171 Å². The minimum Gasteiger partial charge on any atom is -0.478 e. The third-order valence-corrected chi connectivity index (χ3v) is 6.80. The fourth-order valence-corrected chi connectivity index (χ4v) is 4.95. The molecule has 1 aliphatic rings. The predicted octanol–water partition coefficient (Wildman–Crippen LogP) is 4.88. The van der Waals surface area contributed by atoms with Crippen molar-refractivity contribution < 1.29 is 13.2 Å². The van der Waals surface area contributed by atoms with Gasteiger partial charge in [0.25, 0.3) is 0 Å². The van der Waals surface area contributed by atoms with Crippen molar-refractivity contribution in [3.05, 3.63) is 108 Å². The summed E-state index contributed by atoms with van der Waals surface area (Å²) >= 11 is 0. The van der Waals surface area contributed by atoms with E-state index in [1.807, 2.05) is 61.5 Å². The lowest BCUT2D eigenvalue weighted by Crippen LogP contribution is -2.42. The Morgan fingerprint density at radius 2 is 1.66 bits per heavy atom. The lowest BCUT2D eigenvalue weighted by molar-refractivity contribution is 0.0783. The summed E-state index contributed by atoms with van der Waals surface area (Å²) in [6.07, 6.45) is 2.16. The summed E-state index contributed by atoms with van der Waals surface area (Å²) in [6.45, 7) is 5.93. The molecule has 4 nitrogen and oxygen atoms in total. The predicted molar refractivity (Wildman–Crippen MR) is 114 cm³/mol. The molecule has 0 bridgehead atoms. The van der Waals surface area contributed by atoms with Gasteiger partial charge in [-0.1, -0.05) is 72.8 Å². The van der Waals surface area contributed by atoms with Crippen molar-refractivity contribution in [1.82, 2.24) is 4.72 Å². The van der Waals surface area contributed by atoms with E-state index in [1.165, 1.54) is 0 Å². The summed E-state index contributed by atoms with van der Waals surface area (Å²) < 4.78 is 35.4. The second kappa shape index (κ2) is 7.50. The number of fused-ring (bicyclic) bond motifs is 1. The minimum atomic E-state index is -3.70. The van der Waals surface area contributed by atoms with Crippen molar-refractivity contribution in [2.45, 2.75) is 29.9 Å². The van der Waals surface area contributed by atoms with E-state index in [0.29, 0.717) is 12.2 Å². The Morgan fingerprint density at radius 1 is 1.00 bits per heavy atom. The molecule has 0 fully saturated rings. The van der Waals surface area contributed by atoms with Crippen LogP contribution in [0.25, 0.3) is 0 Å². The molecule has 1 N–H and O–H groups in total. The number of rotatable bonds is 5. The molecule has 4 rings (SSSR count). The van der Waals surface area contributed by atoms with Crippen molar-refractivity contribution in [2.75, 3.05) is 0 Å². The zero-order valence-electron chi connectivity index (χ0n) is 16.2. The first-order valence-corrected chi connectivity index (χ1v) is 11.0. The summed E-state index contributed by atoms with van der Waals surface area (Å²) in [4.78, 5) is 0.246. The molecule has 1 heterocycles. The van der Waals surface area contributed by atoms with Crippen LogP contribution in [-0.2, 0) is 15.6 Å². The molecule has 3 aromatic carbocycles. The highest BCUT2D eigenvalue weighted by atomic mass is 32.2. The number of aryl methyl sites for hydroxylation is 1. The molecule has 3 aromatic rings. The normalized spacial score (nSPS) is 21.1. The van der Waals surface area contributed by atoms with Crippen molar-refractivity contribution in [1.29, 1.82) is 0 Å². The maximum absolute atomic E-state index is 13.1. The SMILES string of the molecule is C=C[C@@]1(c2ccccc2)C[C@H](NS(=O)(=O)c2ccc(C)cc2)c2ccccc2O1. The molecule has 0 unspecified atom stereocenters. The first-order valence-electron chi connectivity index (χ1n) is 9.50. The Hall–Kier alpha value is -2.89. The standard InChI is InChI=1S/C24H23NO3S/c1-3-24(19-9-5-4-6-10-19)17-22(21-11-7-8-12-23(21)28-24)25-29(26,27)20-15-13-18(2)14-16-20/h3-16,22,25H,1,17H2,2H3/t22-,24-/m0/s1. The molecule has 1 aliphatic heterocycles. The molecule has 0 saturated carbocycles. The van der Waals surface area contributed by atoms with Crippen LogP contribution in [0.5, 0.6) is 5.75 Å². The second-order valence-corrected chi connectivity index (χ2v) is 9.00. The first kappa shape index (κ1) is 19.4. The average Bonchev–Trinajstić information content (AvgIpc) is 2.74. The number of ether oxygens (including phenoxy) is 1. The van der Waals surface area contributed by atoms with Gasteiger partial charge in [0.2, 0.25) is 10.0 Å². The van der Waals surface area contributed by atoms with E-state index in [2.05, 4.69) is 11.3 Å². The van der Waals surface area contributed by atoms with Gasteiger partial charge in [0.05, 0.1) is 10.9 Å². The van der Waals surface area contributed by atoms with Gasteiger partial charge in [0.15, 0.2) is 5.60 Å². The Morgan fingerprint density at radius 3 is 2.34 bits per heavy atom. The zero-order valence-corrected chi connectivity index (χ0v) is 17.0. The quantitative estimate of drug-likeness (QED) is 0.616. The van der Waals surface area contributed by atoms with Gasteiger partial charge in [0, 0.05) is 12.0 Å². The van der Waals surface area contributed by atoms with Gasteiger partial charge in [-0.15, -0.1) is 0 Å². The van der Waals surface area contributed by atoms with Crippen molar-refractivity contribution in [2.24, 2.45) is 0 Å². The van der Waals surface area contributed by atoms with Crippen LogP contribution < -0.4 is 9.46 Å². The summed E-state index contributed by atoms with van der Waals surface area (Å²) in [6, 6.07) is 23.7. The van der Waals surface area contributed by atoms with Crippen LogP contribution in [0.2, 0.25) is 0 Å². The van der Waals surface area contributed by atoms with E-state index >= 15 is 0 Å². The molecule has 29 heavy (non-hydrogen) atoms. The van der Waals surface area contributed by atoms with Gasteiger partial charge >= 0.3 is 0 Å². The molecular formula is C24H23NO3S. The van der Waals surface area contributed by atoms with E-state index in [1.54, 1.807) is 30.3 Å². The van der Waals surface area contributed by atoms with Gasteiger partial charge in [-0.2, -0.15) is 0 Å². The van der Waals surface area contributed by atoms with E-state index < -0.39 is 21.7 Å². The molecule has 5 heteroatoms.